The van der Waals surface area contributed by atoms with Crippen molar-refractivity contribution >= 4 is 17.5 Å². The lowest BCUT2D eigenvalue weighted by molar-refractivity contribution is 0.0746. The van der Waals surface area contributed by atoms with E-state index in [9.17, 15) is 4.79 Å². The predicted molar refractivity (Wildman–Crippen MR) is 132 cm³/mol. The molecule has 0 saturated carbocycles. The molecule has 3 heterocycles. The van der Waals surface area contributed by atoms with Gasteiger partial charge in [0.15, 0.2) is 11.6 Å². The van der Waals surface area contributed by atoms with Crippen molar-refractivity contribution in [3.63, 3.8) is 0 Å². The van der Waals surface area contributed by atoms with Crippen LogP contribution in [0.5, 0.6) is 0 Å². The molecule has 7 heteroatoms. The normalized spacial score (nSPS) is 17.3. The number of carbonyl (C=O) groups excluding carboxylic acids is 1. The Morgan fingerprint density at radius 1 is 0.636 bits per heavy atom. The summed E-state index contributed by atoms with van der Waals surface area (Å²) in [4.78, 5) is 21.8. The molecule has 2 saturated heterocycles. The molecule has 1 amide bonds. The first-order chi connectivity index (χ1) is 16.2. The third kappa shape index (κ3) is 4.83. The number of piperazine rings is 2. The van der Waals surface area contributed by atoms with Crippen molar-refractivity contribution in [1.29, 1.82) is 0 Å². The zero-order valence-corrected chi connectivity index (χ0v) is 19.1. The minimum absolute atomic E-state index is 0.0887. The van der Waals surface area contributed by atoms with Crippen LogP contribution in [0.15, 0.2) is 66.7 Å². The zero-order chi connectivity index (χ0) is 22.6. The maximum atomic E-state index is 13.0. The van der Waals surface area contributed by atoms with Gasteiger partial charge in [0.25, 0.3) is 5.91 Å². The summed E-state index contributed by atoms with van der Waals surface area (Å²) in [6.45, 7) is 6.95. The quantitative estimate of drug-likeness (QED) is 0.619. The van der Waals surface area contributed by atoms with Crippen LogP contribution in [0.3, 0.4) is 0 Å². The number of amides is 1. The van der Waals surface area contributed by atoms with Crippen molar-refractivity contribution in [2.24, 2.45) is 0 Å². The second-order valence-electron chi connectivity index (χ2n) is 8.76. The average molecular weight is 443 g/mol. The Kier molecular flexibility index (Phi) is 6.21. The van der Waals surface area contributed by atoms with Crippen LogP contribution in [0.25, 0.3) is 11.1 Å². The molecule has 0 aliphatic carbocycles. The monoisotopic (exact) mass is 442 g/mol. The van der Waals surface area contributed by atoms with E-state index in [-0.39, 0.29) is 5.91 Å². The lowest BCUT2D eigenvalue weighted by Gasteiger charge is -2.36. The molecule has 170 valence electrons. The summed E-state index contributed by atoms with van der Waals surface area (Å²) in [5.74, 6) is 1.91. The number of rotatable bonds is 4. The molecule has 0 spiro atoms. The second-order valence-corrected chi connectivity index (χ2v) is 8.76. The fraction of sp³-hybridized carbons (Fsp3) is 0.346. The molecule has 2 aliphatic rings. The van der Waals surface area contributed by atoms with Crippen LogP contribution in [-0.4, -0.2) is 85.3 Å². The molecule has 0 radical (unpaired) electrons. The highest BCUT2D eigenvalue weighted by Crippen LogP contribution is 2.21. The van der Waals surface area contributed by atoms with Crippen LogP contribution in [0, 0.1) is 0 Å². The van der Waals surface area contributed by atoms with Gasteiger partial charge in [-0.05, 0) is 42.4 Å². The Bertz CT molecular complexity index is 1050. The smallest absolute Gasteiger partial charge is 0.253 e. The van der Waals surface area contributed by atoms with Gasteiger partial charge in [0.05, 0.1) is 0 Å². The third-order valence-electron chi connectivity index (χ3n) is 6.59. The van der Waals surface area contributed by atoms with Gasteiger partial charge in [-0.3, -0.25) is 4.79 Å². The van der Waals surface area contributed by atoms with Gasteiger partial charge in [-0.2, -0.15) is 0 Å². The van der Waals surface area contributed by atoms with Gasteiger partial charge in [-0.15, -0.1) is 10.2 Å². The third-order valence-corrected chi connectivity index (χ3v) is 6.59. The van der Waals surface area contributed by atoms with Gasteiger partial charge in [0.2, 0.25) is 0 Å². The van der Waals surface area contributed by atoms with E-state index in [1.54, 1.807) is 0 Å². The van der Waals surface area contributed by atoms with Crippen molar-refractivity contribution < 1.29 is 4.79 Å². The summed E-state index contributed by atoms with van der Waals surface area (Å²) in [5.41, 5.74) is 3.01. The summed E-state index contributed by atoms with van der Waals surface area (Å²) < 4.78 is 0. The average Bonchev–Trinajstić information content (AvgIpc) is 2.90. The van der Waals surface area contributed by atoms with E-state index in [2.05, 4.69) is 56.2 Å². The van der Waals surface area contributed by atoms with Crippen LogP contribution < -0.4 is 9.80 Å². The Balaban J connectivity index is 1.16. The molecule has 0 unspecified atom stereocenters. The molecule has 0 atom stereocenters. The minimum atomic E-state index is 0.0887. The first-order valence-corrected chi connectivity index (χ1v) is 11.6. The fourth-order valence-electron chi connectivity index (χ4n) is 4.45. The summed E-state index contributed by atoms with van der Waals surface area (Å²) in [6, 6.07) is 22.3. The molecule has 33 heavy (non-hydrogen) atoms. The topological polar surface area (TPSA) is 55.8 Å². The highest BCUT2D eigenvalue weighted by Gasteiger charge is 2.23. The van der Waals surface area contributed by atoms with Gasteiger partial charge in [0, 0.05) is 57.9 Å². The first-order valence-electron chi connectivity index (χ1n) is 11.6. The van der Waals surface area contributed by atoms with Crippen molar-refractivity contribution in [2.45, 2.75) is 0 Å². The zero-order valence-electron chi connectivity index (χ0n) is 19.1. The first kappa shape index (κ1) is 21.4. The molecule has 2 aromatic carbocycles. The number of benzene rings is 2. The summed E-state index contributed by atoms with van der Waals surface area (Å²) in [5, 5.41) is 8.95. The number of anilines is 2. The Morgan fingerprint density at radius 2 is 1.15 bits per heavy atom. The lowest BCUT2D eigenvalue weighted by Crippen LogP contribution is -2.49. The number of likely N-dealkylation sites (N-methyl/N-ethyl adjacent to an activating group) is 1. The van der Waals surface area contributed by atoms with Crippen LogP contribution in [0.4, 0.5) is 11.6 Å². The molecule has 7 nitrogen and oxygen atoms in total. The summed E-state index contributed by atoms with van der Waals surface area (Å²) in [6.07, 6.45) is 0. The highest BCUT2D eigenvalue weighted by molar-refractivity contribution is 5.95. The summed E-state index contributed by atoms with van der Waals surface area (Å²) in [7, 11) is 2.15. The number of nitrogens with zero attached hydrogens (tertiary/aromatic N) is 6. The van der Waals surface area contributed by atoms with E-state index < -0.39 is 0 Å². The number of carbonyl (C=O) groups is 1. The highest BCUT2D eigenvalue weighted by atomic mass is 16.2. The van der Waals surface area contributed by atoms with Gasteiger partial charge in [-0.1, -0.05) is 42.5 Å². The van der Waals surface area contributed by atoms with E-state index in [1.807, 2.05) is 47.4 Å². The van der Waals surface area contributed by atoms with Gasteiger partial charge >= 0.3 is 0 Å². The van der Waals surface area contributed by atoms with E-state index in [4.69, 9.17) is 0 Å². The second kappa shape index (κ2) is 9.58. The van der Waals surface area contributed by atoms with Crippen molar-refractivity contribution in [1.82, 2.24) is 20.0 Å². The minimum Gasteiger partial charge on any atom is -0.353 e. The number of aromatic nitrogens is 2. The maximum absolute atomic E-state index is 13.0. The molecule has 0 bridgehead atoms. The molecular formula is C26H30N6O. The molecule has 2 aliphatic heterocycles. The van der Waals surface area contributed by atoms with E-state index in [1.165, 1.54) is 0 Å². The van der Waals surface area contributed by atoms with E-state index >= 15 is 0 Å². The van der Waals surface area contributed by atoms with Crippen LogP contribution in [-0.2, 0) is 0 Å². The molecule has 0 N–H and O–H groups in total. The largest absolute Gasteiger partial charge is 0.353 e. The van der Waals surface area contributed by atoms with Crippen LogP contribution in [0.1, 0.15) is 10.4 Å². The Morgan fingerprint density at radius 3 is 1.70 bits per heavy atom. The molecular weight excluding hydrogens is 412 g/mol. The van der Waals surface area contributed by atoms with Crippen molar-refractivity contribution in [3.8, 4) is 11.1 Å². The van der Waals surface area contributed by atoms with Gasteiger partial charge in [-0.25, -0.2) is 0 Å². The van der Waals surface area contributed by atoms with Crippen molar-refractivity contribution in [3.05, 3.63) is 72.3 Å². The Labute approximate surface area is 195 Å². The molecule has 1 aromatic heterocycles. The fourth-order valence-corrected chi connectivity index (χ4v) is 4.45. The number of hydrogen-bond donors (Lipinski definition) is 0. The van der Waals surface area contributed by atoms with Gasteiger partial charge in [0.1, 0.15) is 0 Å². The maximum Gasteiger partial charge on any atom is 0.253 e. The van der Waals surface area contributed by atoms with Gasteiger partial charge < -0.3 is 19.6 Å². The molecule has 5 rings (SSSR count). The number of hydrogen-bond acceptors (Lipinski definition) is 6. The predicted octanol–water partition coefficient (Wildman–Crippen LogP) is 2.86. The molecule has 3 aromatic rings. The van der Waals surface area contributed by atoms with E-state index in [0.29, 0.717) is 13.1 Å². The van der Waals surface area contributed by atoms with Crippen LogP contribution >= 0.6 is 0 Å². The van der Waals surface area contributed by atoms with E-state index in [0.717, 1.165) is 67.6 Å². The van der Waals surface area contributed by atoms with Crippen LogP contribution in [0.2, 0.25) is 0 Å². The summed E-state index contributed by atoms with van der Waals surface area (Å²) >= 11 is 0. The standard InChI is InChI=1S/C26H30N6O/c1-29-13-15-30(16-14-29)24-11-12-25(28-27-24)31-17-19-32(20-18-31)26(33)23-9-7-22(8-10-23)21-5-3-2-4-6-21/h2-12H,13-20H2,1H3. The Hall–Kier alpha value is -3.45. The lowest BCUT2D eigenvalue weighted by atomic mass is 10.0. The molecule has 2 fully saturated rings. The van der Waals surface area contributed by atoms with Crippen molar-refractivity contribution in [2.75, 3.05) is 69.2 Å². The SMILES string of the molecule is CN1CCN(c2ccc(N3CCN(C(=O)c4ccc(-c5ccccc5)cc4)CC3)nn2)CC1.